The van der Waals surface area contributed by atoms with Gasteiger partial charge in [0.15, 0.2) is 6.04 Å². The van der Waals surface area contributed by atoms with Gasteiger partial charge in [-0.05, 0) is 73.2 Å². The van der Waals surface area contributed by atoms with E-state index in [0.717, 1.165) is 82.6 Å². The Hall–Kier alpha value is -7.24. The summed E-state index contributed by atoms with van der Waals surface area (Å²) >= 11 is 0. The molecule has 8 rings (SSSR count). The molecule has 60 heavy (non-hydrogen) atoms. The summed E-state index contributed by atoms with van der Waals surface area (Å²) in [5.41, 5.74) is 7.21. The predicted octanol–water partition coefficient (Wildman–Crippen LogP) is 7.12. The minimum absolute atomic E-state index is 0.138. The first kappa shape index (κ1) is 39.6. The van der Waals surface area contributed by atoms with Crippen molar-refractivity contribution in [1.82, 2.24) is 35.3 Å². The van der Waals surface area contributed by atoms with E-state index < -0.39 is 18.2 Å². The SMILES string of the molecule is COOC=N[C@@H](C(=O)N1CCC[C@H]1c1nc2ccc(C#Cc3ccc(-c4cc([C@@H]5CCCN5C(=O)[C@@H](NC(=O)OC)c5ccccc5)[nH]n4)cc3)cc2[nH]1)c1ccccc1. The number of alkyl carbamates (subject to hydrolysis) is 1. The van der Waals surface area contributed by atoms with Crippen molar-refractivity contribution in [2.75, 3.05) is 27.3 Å². The van der Waals surface area contributed by atoms with Crippen LogP contribution in [0.25, 0.3) is 22.3 Å². The van der Waals surface area contributed by atoms with Gasteiger partial charge in [-0.3, -0.25) is 14.7 Å². The van der Waals surface area contributed by atoms with Gasteiger partial charge in [-0.15, -0.1) is 0 Å². The molecule has 2 aromatic heterocycles. The molecule has 2 saturated heterocycles. The van der Waals surface area contributed by atoms with Gasteiger partial charge in [0, 0.05) is 29.8 Å². The van der Waals surface area contributed by atoms with Gasteiger partial charge in [-0.25, -0.2) is 14.8 Å². The lowest BCUT2D eigenvalue weighted by Crippen LogP contribution is -2.42. The van der Waals surface area contributed by atoms with Crippen LogP contribution in [0.3, 0.4) is 0 Å². The molecular formula is C46H44N8O6. The lowest BCUT2D eigenvalue weighted by Gasteiger charge is -2.28. The molecule has 0 unspecified atom stereocenters. The fourth-order valence-electron chi connectivity index (χ4n) is 7.95. The van der Waals surface area contributed by atoms with Crippen molar-refractivity contribution in [3.8, 4) is 23.1 Å². The number of nitrogens with zero attached hydrogens (tertiary/aromatic N) is 5. The average molecular weight is 805 g/mol. The largest absolute Gasteiger partial charge is 0.453 e. The number of carbonyl (C=O) groups is 3. The highest BCUT2D eigenvalue weighted by molar-refractivity contribution is 5.88. The molecule has 14 nitrogen and oxygen atoms in total. The minimum atomic E-state index is -0.878. The number of aliphatic imine (C=N–C) groups is 1. The van der Waals surface area contributed by atoms with Gasteiger partial charge in [0.05, 0.1) is 48.7 Å². The number of methoxy groups -OCH3 is 1. The summed E-state index contributed by atoms with van der Waals surface area (Å²) in [5, 5.41) is 10.5. The molecular weight excluding hydrogens is 761 g/mol. The van der Waals surface area contributed by atoms with E-state index >= 15 is 0 Å². The second kappa shape index (κ2) is 18.1. The molecule has 3 N–H and O–H groups in total. The molecule has 0 bridgehead atoms. The molecule has 304 valence electrons. The molecule has 4 heterocycles. The van der Waals surface area contributed by atoms with Crippen LogP contribution in [0.2, 0.25) is 0 Å². The van der Waals surface area contributed by atoms with E-state index in [1.165, 1.54) is 14.2 Å². The first-order chi connectivity index (χ1) is 29.4. The Kier molecular flexibility index (Phi) is 12.0. The van der Waals surface area contributed by atoms with Crippen molar-refractivity contribution in [3.63, 3.8) is 0 Å². The Bertz CT molecular complexity index is 2540. The molecule has 0 spiro atoms. The van der Waals surface area contributed by atoms with Crippen molar-refractivity contribution in [2.45, 2.75) is 49.9 Å². The number of ether oxygens (including phenoxy) is 1. The zero-order valence-electron chi connectivity index (χ0n) is 33.2. The molecule has 6 aromatic rings. The lowest BCUT2D eigenvalue weighted by molar-refractivity contribution is -0.188. The third-order valence-electron chi connectivity index (χ3n) is 10.9. The maximum atomic E-state index is 13.9. The Morgan fingerprint density at radius 3 is 2.20 bits per heavy atom. The minimum Gasteiger partial charge on any atom is -0.453 e. The molecule has 2 fully saturated rings. The summed E-state index contributed by atoms with van der Waals surface area (Å²) < 4.78 is 4.83. The van der Waals surface area contributed by atoms with Crippen molar-refractivity contribution in [3.05, 3.63) is 143 Å². The zero-order chi connectivity index (χ0) is 41.4. The summed E-state index contributed by atoms with van der Waals surface area (Å²) in [4.78, 5) is 65.9. The van der Waals surface area contributed by atoms with Gasteiger partial charge in [0.2, 0.25) is 12.3 Å². The van der Waals surface area contributed by atoms with E-state index in [-0.39, 0.29) is 23.9 Å². The van der Waals surface area contributed by atoms with E-state index in [1.807, 2.05) is 114 Å². The zero-order valence-corrected chi connectivity index (χ0v) is 33.2. The molecule has 2 aliphatic rings. The van der Waals surface area contributed by atoms with E-state index in [1.54, 1.807) is 4.90 Å². The number of aromatic nitrogens is 4. The number of imidazole rings is 1. The van der Waals surface area contributed by atoms with Crippen molar-refractivity contribution in [1.29, 1.82) is 0 Å². The van der Waals surface area contributed by atoms with Gasteiger partial charge in [0.25, 0.3) is 5.91 Å². The van der Waals surface area contributed by atoms with Crippen LogP contribution in [0.4, 0.5) is 4.79 Å². The Morgan fingerprint density at radius 2 is 1.48 bits per heavy atom. The number of benzene rings is 4. The molecule has 0 radical (unpaired) electrons. The number of fused-ring (bicyclic) bond motifs is 1. The summed E-state index contributed by atoms with van der Waals surface area (Å²) in [6.45, 7) is 1.15. The van der Waals surface area contributed by atoms with E-state index in [4.69, 9.17) is 14.6 Å². The Morgan fingerprint density at radius 1 is 0.817 bits per heavy atom. The van der Waals surface area contributed by atoms with Crippen molar-refractivity contribution < 1.29 is 28.9 Å². The van der Waals surface area contributed by atoms with Gasteiger partial charge in [-0.1, -0.05) is 84.6 Å². The Balaban J connectivity index is 0.939. The van der Waals surface area contributed by atoms with E-state index in [0.29, 0.717) is 18.7 Å². The fraction of sp³-hybridized carbons (Fsp3) is 0.261. The van der Waals surface area contributed by atoms with Crippen LogP contribution in [-0.2, 0) is 24.1 Å². The third kappa shape index (κ3) is 8.62. The van der Waals surface area contributed by atoms with Gasteiger partial charge in [0.1, 0.15) is 11.9 Å². The maximum Gasteiger partial charge on any atom is 0.407 e. The van der Waals surface area contributed by atoms with Crippen LogP contribution >= 0.6 is 0 Å². The van der Waals surface area contributed by atoms with Crippen molar-refractivity contribution in [2.24, 2.45) is 4.99 Å². The molecule has 2 aliphatic heterocycles. The number of carbonyl (C=O) groups excluding carboxylic acids is 3. The van der Waals surface area contributed by atoms with Crippen LogP contribution in [0.15, 0.2) is 114 Å². The highest BCUT2D eigenvalue weighted by atomic mass is 17.2. The summed E-state index contributed by atoms with van der Waals surface area (Å²) in [7, 11) is 2.66. The monoisotopic (exact) mass is 804 g/mol. The van der Waals surface area contributed by atoms with Crippen LogP contribution in [-0.4, -0.2) is 81.6 Å². The Labute approximate surface area is 346 Å². The number of aromatic amines is 2. The molecule has 0 aliphatic carbocycles. The van der Waals surface area contributed by atoms with E-state index in [9.17, 15) is 14.4 Å². The summed E-state index contributed by atoms with van der Waals surface area (Å²) in [6.07, 6.45) is 3.69. The smallest absolute Gasteiger partial charge is 0.407 e. The summed E-state index contributed by atoms with van der Waals surface area (Å²) in [6, 6.07) is 32.2. The first-order valence-electron chi connectivity index (χ1n) is 19.8. The number of H-pyrrole nitrogens is 2. The van der Waals surface area contributed by atoms with Crippen LogP contribution < -0.4 is 5.32 Å². The number of nitrogens with one attached hydrogen (secondary N) is 3. The molecule has 0 saturated carbocycles. The second-order valence-electron chi connectivity index (χ2n) is 14.6. The van der Waals surface area contributed by atoms with Crippen LogP contribution in [0.1, 0.15) is 83.6 Å². The third-order valence-corrected chi connectivity index (χ3v) is 10.9. The number of hydrogen-bond acceptors (Lipinski definition) is 9. The normalized spacial score (nSPS) is 17.3. The van der Waals surface area contributed by atoms with Crippen LogP contribution in [0, 0.1) is 11.8 Å². The standard InChI is InChI=1S/C46H44N8O6/c1-58-46(57)50-42(34-13-7-4-8-14-34)45(56)53-25-9-15-39(53)38-28-36(51-52-38)32-22-19-30(20-23-32)17-18-31-21-24-35-37(27-31)49-43(48-35)40-16-10-26-54(40)44(55)41(47-29-60-59-2)33-11-5-3-6-12-33/h3-8,11-14,19-24,27-29,39-42H,9-10,15-16,25-26H2,1-2H3,(H,48,49)(H,50,57)(H,51,52)/t39-,40-,41+,42-/m0/s1. The van der Waals surface area contributed by atoms with Crippen molar-refractivity contribution >= 4 is 35.3 Å². The van der Waals surface area contributed by atoms with Crippen LogP contribution in [0.5, 0.6) is 0 Å². The summed E-state index contributed by atoms with van der Waals surface area (Å²) in [5.74, 6) is 6.92. The fourth-order valence-corrected chi connectivity index (χ4v) is 7.95. The predicted molar refractivity (Wildman–Crippen MR) is 224 cm³/mol. The quantitative estimate of drug-likeness (QED) is 0.0409. The molecule has 3 amide bonds. The number of rotatable bonds is 11. The molecule has 14 heteroatoms. The molecule has 4 aromatic carbocycles. The highest BCUT2D eigenvalue weighted by Gasteiger charge is 2.38. The number of amides is 3. The lowest BCUT2D eigenvalue weighted by atomic mass is 10.0. The number of likely N-dealkylation sites (tertiary alicyclic amines) is 2. The van der Waals surface area contributed by atoms with E-state index in [2.05, 4.69) is 42.2 Å². The topological polar surface area (TPSA) is 167 Å². The number of hydrogen-bond donors (Lipinski definition) is 3. The average Bonchev–Trinajstić information content (AvgIpc) is 4.13. The first-order valence-corrected chi connectivity index (χ1v) is 19.8. The van der Waals surface area contributed by atoms with Gasteiger partial charge < -0.3 is 29.7 Å². The molecule has 4 atom stereocenters. The van der Waals surface area contributed by atoms with Gasteiger partial charge >= 0.3 is 6.09 Å². The highest BCUT2D eigenvalue weighted by Crippen LogP contribution is 2.36. The second-order valence-corrected chi connectivity index (χ2v) is 14.6. The maximum absolute atomic E-state index is 13.9. The van der Waals surface area contributed by atoms with Gasteiger partial charge in [-0.2, -0.15) is 9.99 Å².